The van der Waals surface area contributed by atoms with Crippen LogP contribution in [0, 0.1) is 0 Å². The third-order valence-corrected chi connectivity index (χ3v) is 2.52. The van der Waals surface area contributed by atoms with Crippen molar-refractivity contribution in [1.82, 2.24) is 5.32 Å². The molecule has 0 fully saturated rings. The van der Waals surface area contributed by atoms with Gasteiger partial charge in [0.25, 0.3) is 0 Å². The van der Waals surface area contributed by atoms with E-state index in [0.717, 1.165) is 11.8 Å². The molecule has 1 unspecified atom stereocenters. The maximum absolute atomic E-state index is 11.3. The molecule has 0 aromatic rings. The zero-order valence-electron chi connectivity index (χ0n) is 10.4. The fourth-order valence-corrected chi connectivity index (χ4v) is 1.64. The maximum atomic E-state index is 11.3. The van der Waals surface area contributed by atoms with Gasteiger partial charge in [-0.15, -0.1) is 11.8 Å². The molecule has 18 heavy (non-hydrogen) atoms. The Bertz CT molecular complexity index is 325. The molecule has 3 N–H and O–H groups in total. The van der Waals surface area contributed by atoms with Gasteiger partial charge in [0.15, 0.2) is 0 Å². The molecule has 0 aliphatic carbocycles. The summed E-state index contributed by atoms with van der Waals surface area (Å²) in [7, 11) is 0. The van der Waals surface area contributed by atoms with Crippen LogP contribution < -0.4 is 5.32 Å². The Kier molecular flexibility index (Phi) is 6.53. The minimum atomic E-state index is -1.24. The van der Waals surface area contributed by atoms with Crippen LogP contribution in [0.2, 0.25) is 0 Å². The molecular formula is C10H17NO6S. The number of alkyl carbamates (subject to hydrolysis) is 1. The van der Waals surface area contributed by atoms with Crippen molar-refractivity contribution in [2.24, 2.45) is 0 Å². The summed E-state index contributed by atoms with van der Waals surface area (Å²) in [5.41, 5.74) is -0.721. The van der Waals surface area contributed by atoms with E-state index in [-0.39, 0.29) is 11.5 Å². The van der Waals surface area contributed by atoms with Gasteiger partial charge in [-0.3, -0.25) is 4.79 Å². The number of hydrogen-bond donors (Lipinski definition) is 3. The van der Waals surface area contributed by atoms with Crippen molar-refractivity contribution < 1.29 is 29.3 Å². The second-order valence-corrected chi connectivity index (χ2v) is 5.48. The number of carbonyl (C=O) groups is 3. The summed E-state index contributed by atoms with van der Waals surface area (Å²) in [5.74, 6) is -2.54. The number of amides is 1. The zero-order valence-corrected chi connectivity index (χ0v) is 11.2. The Morgan fingerprint density at radius 2 is 1.83 bits per heavy atom. The highest BCUT2D eigenvalue weighted by Crippen LogP contribution is 2.08. The van der Waals surface area contributed by atoms with Gasteiger partial charge < -0.3 is 20.3 Å². The first-order chi connectivity index (χ1) is 8.11. The highest BCUT2D eigenvalue weighted by molar-refractivity contribution is 8.00. The van der Waals surface area contributed by atoms with Gasteiger partial charge in [0, 0.05) is 5.75 Å². The maximum Gasteiger partial charge on any atom is 0.408 e. The van der Waals surface area contributed by atoms with Crippen molar-refractivity contribution in [2.75, 3.05) is 11.5 Å². The van der Waals surface area contributed by atoms with E-state index in [1.165, 1.54) is 0 Å². The van der Waals surface area contributed by atoms with E-state index in [1.807, 2.05) is 0 Å². The topological polar surface area (TPSA) is 113 Å². The second kappa shape index (κ2) is 7.10. The molecule has 1 amide bonds. The standard InChI is InChI=1S/C10H17NO6S/c1-10(2,3)17-9(16)11-6(8(14)15)4-18-5-7(12)13/h6H,4-5H2,1-3H3,(H,11,16)(H,12,13)(H,14,15). The van der Waals surface area contributed by atoms with Gasteiger partial charge in [0.1, 0.15) is 11.6 Å². The van der Waals surface area contributed by atoms with E-state index in [2.05, 4.69) is 5.32 Å². The largest absolute Gasteiger partial charge is 0.481 e. The first-order valence-corrected chi connectivity index (χ1v) is 6.29. The molecule has 0 bridgehead atoms. The summed E-state index contributed by atoms with van der Waals surface area (Å²) < 4.78 is 4.91. The number of carboxylic acid groups (broad SMARTS) is 2. The van der Waals surface area contributed by atoms with Crippen LogP contribution in [-0.4, -0.2) is 51.4 Å². The van der Waals surface area contributed by atoms with Crippen molar-refractivity contribution in [3.05, 3.63) is 0 Å². The monoisotopic (exact) mass is 279 g/mol. The van der Waals surface area contributed by atoms with E-state index in [0.29, 0.717) is 0 Å². The van der Waals surface area contributed by atoms with Crippen LogP contribution in [0.4, 0.5) is 4.79 Å². The Morgan fingerprint density at radius 3 is 2.22 bits per heavy atom. The molecule has 1 atom stereocenters. The second-order valence-electron chi connectivity index (χ2n) is 4.45. The number of hydrogen-bond acceptors (Lipinski definition) is 5. The average Bonchev–Trinajstić information content (AvgIpc) is 2.12. The minimum Gasteiger partial charge on any atom is -0.481 e. The molecular weight excluding hydrogens is 262 g/mol. The fourth-order valence-electron chi connectivity index (χ4n) is 0.889. The van der Waals surface area contributed by atoms with Crippen LogP contribution in [0.15, 0.2) is 0 Å². The number of ether oxygens (including phenoxy) is 1. The highest BCUT2D eigenvalue weighted by Gasteiger charge is 2.24. The summed E-state index contributed by atoms with van der Waals surface area (Å²) in [6.45, 7) is 4.96. The van der Waals surface area contributed by atoms with Gasteiger partial charge in [-0.2, -0.15) is 0 Å². The summed E-state index contributed by atoms with van der Waals surface area (Å²) in [6, 6.07) is -1.18. The summed E-state index contributed by atoms with van der Waals surface area (Å²) in [6.07, 6.45) is -0.842. The molecule has 8 heteroatoms. The van der Waals surface area contributed by atoms with E-state index < -0.39 is 29.7 Å². The quantitative estimate of drug-likeness (QED) is 0.658. The molecule has 104 valence electrons. The predicted molar refractivity (Wildman–Crippen MR) is 65.8 cm³/mol. The SMILES string of the molecule is CC(C)(C)OC(=O)NC(CSCC(=O)O)C(=O)O. The van der Waals surface area contributed by atoms with Crippen LogP contribution in [0.25, 0.3) is 0 Å². The fraction of sp³-hybridized carbons (Fsp3) is 0.700. The number of carbonyl (C=O) groups excluding carboxylic acids is 1. The molecule has 7 nitrogen and oxygen atoms in total. The summed E-state index contributed by atoms with van der Waals surface area (Å²) in [4.78, 5) is 32.5. The van der Waals surface area contributed by atoms with Crippen molar-refractivity contribution in [2.45, 2.75) is 32.4 Å². The molecule has 0 aromatic heterocycles. The normalized spacial score (nSPS) is 12.6. The smallest absolute Gasteiger partial charge is 0.408 e. The Labute approximate surface area is 109 Å². The zero-order chi connectivity index (χ0) is 14.3. The molecule has 0 aliphatic rings. The van der Waals surface area contributed by atoms with Crippen molar-refractivity contribution in [1.29, 1.82) is 0 Å². The number of nitrogens with one attached hydrogen (secondary N) is 1. The molecule has 0 saturated heterocycles. The molecule has 0 aromatic carbocycles. The predicted octanol–water partition coefficient (Wildman–Crippen LogP) is 0.782. The van der Waals surface area contributed by atoms with Gasteiger partial charge in [0.2, 0.25) is 0 Å². The van der Waals surface area contributed by atoms with Gasteiger partial charge >= 0.3 is 18.0 Å². The van der Waals surface area contributed by atoms with Crippen molar-refractivity contribution >= 4 is 29.8 Å². The van der Waals surface area contributed by atoms with E-state index in [9.17, 15) is 14.4 Å². The van der Waals surface area contributed by atoms with Crippen LogP contribution in [-0.2, 0) is 14.3 Å². The van der Waals surface area contributed by atoms with Crippen LogP contribution in [0.3, 0.4) is 0 Å². The Balaban J connectivity index is 4.23. The lowest BCUT2D eigenvalue weighted by atomic mass is 10.2. The first-order valence-electron chi connectivity index (χ1n) is 5.13. The third kappa shape index (κ3) is 8.68. The van der Waals surface area contributed by atoms with Gasteiger partial charge in [0.05, 0.1) is 5.75 Å². The van der Waals surface area contributed by atoms with E-state index in [4.69, 9.17) is 14.9 Å². The summed E-state index contributed by atoms with van der Waals surface area (Å²) in [5, 5.41) is 19.4. The van der Waals surface area contributed by atoms with E-state index in [1.54, 1.807) is 20.8 Å². The number of thioether (sulfide) groups is 1. The van der Waals surface area contributed by atoms with Gasteiger partial charge in [-0.05, 0) is 20.8 Å². The minimum absolute atomic E-state index is 0.0408. The van der Waals surface area contributed by atoms with Crippen molar-refractivity contribution in [3.63, 3.8) is 0 Å². The number of aliphatic carboxylic acids is 2. The molecule has 0 radical (unpaired) electrons. The first kappa shape index (κ1) is 16.6. The van der Waals surface area contributed by atoms with Crippen LogP contribution >= 0.6 is 11.8 Å². The average molecular weight is 279 g/mol. The highest BCUT2D eigenvalue weighted by atomic mass is 32.2. The lowest BCUT2D eigenvalue weighted by Gasteiger charge is -2.21. The molecule has 0 saturated carbocycles. The molecule has 0 aliphatic heterocycles. The van der Waals surface area contributed by atoms with Gasteiger partial charge in [-0.25, -0.2) is 9.59 Å². The van der Waals surface area contributed by atoms with Crippen LogP contribution in [0.5, 0.6) is 0 Å². The lowest BCUT2D eigenvalue weighted by Crippen LogP contribution is -2.45. The van der Waals surface area contributed by atoms with Crippen LogP contribution in [0.1, 0.15) is 20.8 Å². The Morgan fingerprint density at radius 1 is 1.28 bits per heavy atom. The van der Waals surface area contributed by atoms with Crippen molar-refractivity contribution in [3.8, 4) is 0 Å². The summed E-state index contributed by atoms with van der Waals surface area (Å²) >= 11 is 0.907. The van der Waals surface area contributed by atoms with E-state index >= 15 is 0 Å². The molecule has 0 rings (SSSR count). The molecule has 0 heterocycles. The third-order valence-electron chi connectivity index (χ3n) is 1.50. The molecule has 0 spiro atoms. The van der Waals surface area contributed by atoms with Gasteiger partial charge in [-0.1, -0.05) is 0 Å². The lowest BCUT2D eigenvalue weighted by molar-refractivity contribution is -0.139. The number of carboxylic acids is 2. The number of rotatable bonds is 6. The Hall–Kier alpha value is -1.44.